The molecule has 8 unspecified atom stereocenters. The topological polar surface area (TPSA) is 578 Å². The number of hydrogen-bond acceptors (Lipinski definition) is 33. The molecule has 0 aromatic carbocycles. The summed E-state index contributed by atoms with van der Waals surface area (Å²) in [6, 6.07) is -3.05. The number of carbonyl (C=O) groups excluding carboxylic acids is 21. The smallest absolute Gasteiger partial charge is 0.253 e. The highest BCUT2D eigenvalue weighted by atomic mass is 33.1. The van der Waals surface area contributed by atoms with Gasteiger partial charge < -0.3 is 86.6 Å². The maximum atomic E-state index is 13.9. The summed E-state index contributed by atoms with van der Waals surface area (Å²) in [6.07, 6.45) is 6.46. The number of rotatable bonds is 22. The Labute approximate surface area is 806 Å². The highest BCUT2D eigenvalue weighted by Crippen LogP contribution is 2.37. The summed E-state index contributed by atoms with van der Waals surface area (Å²) in [5.41, 5.74) is 11.5. The molecule has 135 heavy (non-hydrogen) atoms. The van der Waals surface area contributed by atoms with Crippen molar-refractivity contribution >= 4 is 168 Å². The summed E-state index contributed by atoms with van der Waals surface area (Å²) in [6.45, 7) is 10.0. The van der Waals surface area contributed by atoms with E-state index < -0.39 is 134 Å². The van der Waals surface area contributed by atoms with Crippen LogP contribution in [-0.2, 0) is 139 Å². The number of unbranched alkanes of at least 4 members (excludes halogenated alkanes) is 2. The molecule has 0 aromatic heterocycles. The number of primary amides is 2. The second-order valence-electron chi connectivity index (χ2n) is 33.9. The fraction of sp³-hybridized carbons (Fsp3) is 0.744. The van der Waals surface area contributed by atoms with Crippen molar-refractivity contribution in [2.45, 2.75) is 260 Å². The Morgan fingerprint density at radius 3 is 1.49 bits per heavy atom. The molecule has 4 aliphatic heterocycles. The van der Waals surface area contributed by atoms with Gasteiger partial charge in [-0.15, -0.1) is 23.5 Å². The van der Waals surface area contributed by atoms with E-state index in [-0.39, 0.29) is 318 Å². The fourth-order valence-corrected chi connectivity index (χ4v) is 19.2. The number of amides is 15. The van der Waals surface area contributed by atoms with Crippen LogP contribution in [0.4, 0.5) is 0 Å². The van der Waals surface area contributed by atoms with Gasteiger partial charge in [0.15, 0.2) is 11.6 Å². The molecular weight excluding hydrogens is 1840 g/mol. The maximum Gasteiger partial charge on any atom is 0.253 e. The lowest BCUT2D eigenvalue weighted by Crippen LogP contribution is -2.48. The van der Waals surface area contributed by atoms with Crippen molar-refractivity contribution in [3.63, 3.8) is 0 Å². The SMILES string of the molecule is CC(=O)NC1CC(=O)CCCOCCOCCC(=O)NC(C(=O)CC(CSSC(C)(C)C)C(N)=O)CCCCCC(=O)CCOCCOCCNC(=O)C(NC(C)=O)CSC2CC(=O)N(CCC(=O)NCCOCCOCCC(=O)NC(C(=O)CC(CCCCCC(=O)CCN3C(=O)C=CC3=O)C(N)=O)CCCCNC(=O)CCOCCOCCCC(=O)CCN3C(=O)CC(S1)C3=O)C2=O. The number of nitrogens with zero attached hydrogens (tertiary/aromatic N) is 3. The molecule has 0 spiro atoms. The Morgan fingerprint density at radius 2 is 0.933 bits per heavy atom. The van der Waals surface area contributed by atoms with Crippen molar-refractivity contribution in [2.75, 3.05) is 156 Å². The lowest BCUT2D eigenvalue weighted by molar-refractivity contribution is -0.140. The number of ketones is 6. The van der Waals surface area contributed by atoms with Crippen LogP contribution in [0.1, 0.15) is 221 Å². The molecule has 15 amide bonds. The highest BCUT2D eigenvalue weighted by Gasteiger charge is 2.42. The highest BCUT2D eigenvalue weighted by molar-refractivity contribution is 8.77. The molecule has 11 N–H and O–H groups in total. The summed E-state index contributed by atoms with van der Waals surface area (Å²) in [5.74, 6) is -10.6. The average Bonchev–Trinajstić information content (AvgIpc) is 1.67. The van der Waals surface area contributed by atoms with Crippen LogP contribution in [0.5, 0.6) is 0 Å². The molecule has 4 bridgehead atoms. The number of carbonyl (C=O) groups is 21. The van der Waals surface area contributed by atoms with Crippen LogP contribution in [0.3, 0.4) is 0 Å². The number of ether oxygens (including phenoxy) is 8. The summed E-state index contributed by atoms with van der Waals surface area (Å²) in [5, 5.41) is 16.4. The molecule has 0 aromatic rings. The van der Waals surface area contributed by atoms with Gasteiger partial charge in [0.2, 0.25) is 76.8 Å². The predicted molar refractivity (Wildman–Crippen MR) is 501 cm³/mol. The van der Waals surface area contributed by atoms with Crippen molar-refractivity contribution in [3.05, 3.63) is 12.2 Å². The molecule has 41 nitrogen and oxygen atoms in total. The van der Waals surface area contributed by atoms with E-state index in [0.29, 0.717) is 64.2 Å². The third-order valence-corrected chi connectivity index (χ3v) is 27.3. The zero-order valence-electron chi connectivity index (χ0n) is 78.7. The lowest BCUT2D eigenvalue weighted by atomic mass is 9.91. The van der Waals surface area contributed by atoms with Gasteiger partial charge in [0.05, 0.1) is 126 Å². The minimum absolute atomic E-state index is 0.00112. The third kappa shape index (κ3) is 54.4. The minimum atomic E-state index is -1.08. The second kappa shape index (κ2) is 69.3. The van der Waals surface area contributed by atoms with Crippen LogP contribution in [0.2, 0.25) is 0 Å². The molecule has 3 saturated heterocycles. The standard InChI is InChI=1S/C90H142N12O29S4/c1-61(103)96-71-60-132-74-57-83(117)102(88(74)122)37-27-76(111)94-33-44-130-53-51-129-43-31-79(114)99-70(72(109)54-63(85(91)119)16-8-6-9-17-65(105)25-35-100-81(115)23-24-82(100)116)22-12-13-32-93-77(112)29-41-127-48-46-124-38-14-19-66(106)26-36-101-84(118)58-75(89(101)123)134-80(97-62(2)104)56-68(108)20-15-39-125-47-49-128-42-30-78(113)98-69(73(110)55-64(86(92)120)59-133-135-90(3,4)5)21-11-7-10-18-67(107)28-40-126-50-52-131-45-34-95-87(71)121/h23-24,63-64,69-71,74-75,80H,6-22,25-60H2,1-5H3,(H2,91,119)(H2,92,120)(H,93,112)(H,94,111)(H,95,121)(H,96,103)(H,97,104)(H,98,113)(H,99,114). The van der Waals surface area contributed by atoms with Crippen molar-refractivity contribution < 1.29 is 139 Å². The first-order chi connectivity index (χ1) is 64.5. The minimum Gasteiger partial charge on any atom is -0.379 e. The molecule has 4 heterocycles. The molecule has 0 aliphatic carbocycles. The second-order valence-corrected chi connectivity index (χ2v) is 39.7. The number of fused-ring (bicyclic) bond motifs is 4. The quantitative estimate of drug-likeness (QED) is 0.0427. The Balaban J connectivity index is 1.30. The van der Waals surface area contributed by atoms with E-state index in [0.717, 1.165) is 50.4 Å². The van der Waals surface area contributed by atoms with Gasteiger partial charge in [-0.25, -0.2) is 0 Å². The number of Topliss-reactive ketones (excluding diaryl/α,β-unsaturated/α-hetero) is 6. The van der Waals surface area contributed by atoms with E-state index >= 15 is 0 Å². The summed E-state index contributed by atoms with van der Waals surface area (Å²) >= 11 is 2.00. The summed E-state index contributed by atoms with van der Waals surface area (Å²) in [4.78, 5) is 274. The van der Waals surface area contributed by atoms with Gasteiger partial charge in [-0.3, -0.25) is 115 Å². The summed E-state index contributed by atoms with van der Waals surface area (Å²) < 4.78 is 44.7. The largest absolute Gasteiger partial charge is 0.379 e. The molecule has 0 radical (unpaired) electrons. The Kier molecular flexibility index (Phi) is 61.0. The first-order valence-electron chi connectivity index (χ1n) is 46.6. The van der Waals surface area contributed by atoms with Crippen LogP contribution < -0.4 is 48.7 Å². The number of hydrogen-bond donors (Lipinski definition) is 9. The van der Waals surface area contributed by atoms with E-state index in [1.807, 2.05) is 20.8 Å². The van der Waals surface area contributed by atoms with Gasteiger partial charge >= 0.3 is 0 Å². The van der Waals surface area contributed by atoms with Gasteiger partial charge in [-0.1, -0.05) is 68.0 Å². The number of nitrogens with one attached hydrogen (secondary N) is 7. The monoisotopic (exact) mass is 1980 g/mol. The fourth-order valence-electron chi connectivity index (χ4n) is 14.0. The van der Waals surface area contributed by atoms with Crippen LogP contribution >= 0.6 is 45.1 Å². The van der Waals surface area contributed by atoms with E-state index in [4.69, 9.17) is 49.4 Å². The zero-order chi connectivity index (χ0) is 99.3. The number of thioether (sulfide) groups is 2. The third-order valence-electron chi connectivity index (χ3n) is 21.3. The molecule has 45 heteroatoms. The van der Waals surface area contributed by atoms with Crippen LogP contribution in [-0.4, -0.2) is 333 Å². The molecule has 3 fully saturated rings. The number of imide groups is 3. The van der Waals surface area contributed by atoms with Crippen LogP contribution in [0, 0.1) is 11.8 Å². The Bertz CT molecular complexity index is 3900. The van der Waals surface area contributed by atoms with Crippen molar-refractivity contribution in [3.8, 4) is 0 Å². The molecule has 0 saturated carbocycles. The molecular formula is C90H142N12O29S4. The Morgan fingerprint density at radius 1 is 0.467 bits per heavy atom. The van der Waals surface area contributed by atoms with Crippen molar-refractivity contribution in [1.29, 1.82) is 0 Å². The number of nitrogens with two attached hydrogens (primary N) is 2. The first kappa shape index (κ1) is 119. The van der Waals surface area contributed by atoms with Gasteiger partial charge in [0.1, 0.15) is 29.2 Å². The van der Waals surface area contributed by atoms with Gasteiger partial charge in [-0.05, 0) is 57.8 Å². The van der Waals surface area contributed by atoms with Crippen LogP contribution in [0.15, 0.2) is 12.2 Å². The lowest BCUT2D eigenvalue weighted by Gasteiger charge is -2.21. The average molecular weight is 1980 g/mol. The Hall–Kier alpha value is -8.51. The van der Waals surface area contributed by atoms with Gasteiger partial charge in [-0.2, -0.15) is 0 Å². The normalized spacial score (nSPS) is 23.3. The molecule has 8 atom stereocenters. The van der Waals surface area contributed by atoms with Gasteiger partial charge in [0, 0.05) is 203 Å². The van der Waals surface area contributed by atoms with Gasteiger partial charge in [0.25, 0.3) is 11.8 Å². The van der Waals surface area contributed by atoms with Crippen LogP contribution in [0.25, 0.3) is 0 Å². The van der Waals surface area contributed by atoms with E-state index in [1.165, 1.54) is 24.6 Å². The molecule has 4 rings (SSSR count). The van der Waals surface area contributed by atoms with Crippen molar-refractivity contribution in [1.82, 2.24) is 51.9 Å². The predicted octanol–water partition coefficient (Wildman–Crippen LogP) is 2.39. The van der Waals surface area contributed by atoms with Crippen molar-refractivity contribution in [2.24, 2.45) is 23.3 Å². The van der Waals surface area contributed by atoms with E-state index in [9.17, 15) is 101 Å². The van der Waals surface area contributed by atoms with E-state index in [2.05, 4.69) is 37.2 Å². The zero-order valence-corrected chi connectivity index (χ0v) is 82.0. The van der Waals surface area contributed by atoms with E-state index in [1.54, 1.807) is 10.8 Å². The molecule has 4 aliphatic rings. The first-order valence-corrected chi connectivity index (χ1v) is 50.9. The molecule has 760 valence electrons. The summed E-state index contributed by atoms with van der Waals surface area (Å²) in [7, 11) is 2.98. The maximum absolute atomic E-state index is 13.9.